The molecule has 2 rings (SSSR count). The van der Waals surface area contributed by atoms with E-state index in [1.807, 2.05) is 36.4 Å². The number of thiocarbonyl (C=S) groups is 1. The average molecular weight is 335 g/mol. The van der Waals surface area contributed by atoms with Crippen LogP contribution in [0.4, 0.5) is 11.4 Å². The van der Waals surface area contributed by atoms with E-state index >= 15 is 0 Å². The third-order valence-corrected chi connectivity index (χ3v) is 3.87. The van der Waals surface area contributed by atoms with E-state index in [9.17, 15) is 0 Å². The largest absolute Gasteiger partial charge is 0.332 e. The lowest BCUT2D eigenvalue weighted by Gasteiger charge is -2.14. The van der Waals surface area contributed by atoms with Gasteiger partial charge in [-0.3, -0.25) is 0 Å². The summed E-state index contributed by atoms with van der Waals surface area (Å²) >= 11 is 8.82. The molecule has 0 spiro atoms. The van der Waals surface area contributed by atoms with Gasteiger partial charge in [-0.05, 0) is 71.3 Å². The second kappa shape index (κ2) is 6.17. The Hall–Kier alpha value is -1.39. The SMILES string of the molecule is Cc1cccc(NC(=S)Nc2ccccc2Br)c1C. The Bertz CT molecular complexity index is 611. The van der Waals surface area contributed by atoms with E-state index in [-0.39, 0.29) is 0 Å². The first-order chi connectivity index (χ1) is 9.08. The molecule has 0 radical (unpaired) electrons. The fourth-order valence-corrected chi connectivity index (χ4v) is 2.33. The Morgan fingerprint density at radius 3 is 2.32 bits per heavy atom. The number of halogens is 1. The summed E-state index contributed by atoms with van der Waals surface area (Å²) in [6, 6.07) is 14.0. The van der Waals surface area contributed by atoms with Crippen LogP contribution in [0, 0.1) is 13.8 Å². The zero-order chi connectivity index (χ0) is 13.8. The molecular weight excluding hydrogens is 320 g/mol. The Kier molecular flexibility index (Phi) is 4.56. The highest BCUT2D eigenvalue weighted by molar-refractivity contribution is 9.10. The first-order valence-electron chi connectivity index (χ1n) is 5.96. The fourth-order valence-electron chi connectivity index (χ4n) is 1.72. The summed E-state index contributed by atoms with van der Waals surface area (Å²) in [7, 11) is 0. The molecule has 2 aromatic carbocycles. The molecule has 0 aliphatic rings. The molecule has 98 valence electrons. The number of para-hydroxylation sites is 1. The normalized spacial score (nSPS) is 10.1. The van der Waals surface area contributed by atoms with Gasteiger partial charge in [0.25, 0.3) is 0 Å². The minimum Gasteiger partial charge on any atom is -0.332 e. The van der Waals surface area contributed by atoms with E-state index < -0.39 is 0 Å². The van der Waals surface area contributed by atoms with Crippen molar-refractivity contribution in [2.75, 3.05) is 10.6 Å². The van der Waals surface area contributed by atoms with Gasteiger partial charge < -0.3 is 10.6 Å². The molecule has 0 saturated carbocycles. The van der Waals surface area contributed by atoms with E-state index in [0.717, 1.165) is 15.8 Å². The second-order valence-corrected chi connectivity index (χ2v) is 5.57. The molecule has 4 heteroatoms. The van der Waals surface area contributed by atoms with Gasteiger partial charge in [-0.25, -0.2) is 0 Å². The maximum absolute atomic E-state index is 5.34. The van der Waals surface area contributed by atoms with Crippen molar-refractivity contribution in [3.05, 3.63) is 58.1 Å². The van der Waals surface area contributed by atoms with Gasteiger partial charge >= 0.3 is 0 Å². The lowest BCUT2D eigenvalue weighted by atomic mass is 10.1. The standard InChI is InChI=1S/C15H15BrN2S/c1-10-6-5-9-13(11(10)2)17-15(19)18-14-8-4-3-7-12(14)16/h3-9H,1-2H3,(H2,17,18,19). The van der Waals surface area contributed by atoms with E-state index in [1.165, 1.54) is 11.1 Å². The van der Waals surface area contributed by atoms with Crippen molar-refractivity contribution >= 4 is 44.6 Å². The lowest BCUT2D eigenvalue weighted by molar-refractivity contribution is 1.34. The van der Waals surface area contributed by atoms with Crippen molar-refractivity contribution in [3.63, 3.8) is 0 Å². The van der Waals surface area contributed by atoms with Crippen LogP contribution in [-0.2, 0) is 0 Å². The second-order valence-electron chi connectivity index (χ2n) is 4.31. The highest BCUT2D eigenvalue weighted by Crippen LogP contribution is 2.22. The highest BCUT2D eigenvalue weighted by atomic mass is 79.9. The van der Waals surface area contributed by atoms with E-state index in [1.54, 1.807) is 0 Å². The summed E-state index contributed by atoms with van der Waals surface area (Å²) in [6.45, 7) is 4.17. The Balaban J connectivity index is 2.10. The van der Waals surface area contributed by atoms with Crippen LogP contribution < -0.4 is 10.6 Å². The monoisotopic (exact) mass is 334 g/mol. The summed E-state index contributed by atoms with van der Waals surface area (Å²) < 4.78 is 0.986. The van der Waals surface area contributed by atoms with Crippen LogP contribution in [0.1, 0.15) is 11.1 Å². The Labute approximate surface area is 127 Å². The van der Waals surface area contributed by atoms with Gasteiger partial charge in [0, 0.05) is 10.2 Å². The summed E-state index contributed by atoms with van der Waals surface area (Å²) in [6.07, 6.45) is 0. The molecule has 0 saturated heterocycles. The van der Waals surface area contributed by atoms with Crippen molar-refractivity contribution < 1.29 is 0 Å². The summed E-state index contributed by atoms with van der Waals surface area (Å²) in [5.41, 5.74) is 4.43. The molecule has 2 nitrogen and oxygen atoms in total. The molecule has 0 heterocycles. The van der Waals surface area contributed by atoms with Gasteiger partial charge in [0.2, 0.25) is 0 Å². The third kappa shape index (κ3) is 3.55. The highest BCUT2D eigenvalue weighted by Gasteiger charge is 2.04. The van der Waals surface area contributed by atoms with E-state index in [2.05, 4.69) is 46.5 Å². The zero-order valence-electron chi connectivity index (χ0n) is 10.8. The van der Waals surface area contributed by atoms with Crippen molar-refractivity contribution in [2.24, 2.45) is 0 Å². The molecule has 0 aliphatic carbocycles. The van der Waals surface area contributed by atoms with Crippen molar-refractivity contribution in [1.29, 1.82) is 0 Å². The number of hydrogen-bond donors (Lipinski definition) is 2. The van der Waals surface area contributed by atoms with Gasteiger partial charge in [0.05, 0.1) is 5.69 Å². The average Bonchev–Trinajstić information content (AvgIpc) is 2.38. The molecular formula is C15H15BrN2S. The van der Waals surface area contributed by atoms with E-state index in [0.29, 0.717) is 5.11 Å². The molecule has 0 aromatic heterocycles. The summed E-state index contributed by atoms with van der Waals surface area (Å²) in [5, 5.41) is 6.99. The van der Waals surface area contributed by atoms with Crippen LogP contribution in [0.5, 0.6) is 0 Å². The number of hydrogen-bond acceptors (Lipinski definition) is 1. The first-order valence-corrected chi connectivity index (χ1v) is 7.17. The first kappa shape index (κ1) is 14.0. The number of aryl methyl sites for hydroxylation is 1. The number of rotatable bonds is 2. The topological polar surface area (TPSA) is 24.1 Å². The minimum absolute atomic E-state index is 0.584. The minimum atomic E-state index is 0.584. The molecule has 0 amide bonds. The fraction of sp³-hybridized carbons (Fsp3) is 0.133. The summed E-state index contributed by atoms with van der Waals surface area (Å²) in [5.74, 6) is 0. The van der Waals surface area contributed by atoms with Crippen LogP contribution in [0.25, 0.3) is 0 Å². The molecule has 0 aliphatic heterocycles. The Morgan fingerprint density at radius 2 is 1.58 bits per heavy atom. The van der Waals surface area contributed by atoms with E-state index in [4.69, 9.17) is 12.2 Å². The van der Waals surface area contributed by atoms with Crippen molar-refractivity contribution in [2.45, 2.75) is 13.8 Å². The van der Waals surface area contributed by atoms with Gasteiger partial charge in [0.1, 0.15) is 0 Å². The van der Waals surface area contributed by atoms with Crippen LogP contribution in [0.3, 0.4) is 0 Å². The molecule has 0 atom stereocenters. The van der Waals surface area contributed by atoms with Crippen LogP contribution in [0.2, 0.25) is 0 Å². The molecule has 0 unspecified atom stereocenters. The predicted octanol–water partition coefficient (Wildman–Crippen LogP) is 4.87. The number of nitrogens with one attached hydrogen (secondary N) is 2. The predicted molar refractivity (Wildman–Crippen MR) is 89.9 cm³/mol. The van der Waals surface area contributed by atoms with Gasteiger partial charge in [-0.1, -0.05) is 24.3 Å². The molecule has 19 heavy (non-hydrogen) atoms. The number of benzene rings is 2. The maximum atomic E-state index is 5.34. The van der Waals surface area contributed by atoms with Crippen LogP contribution in [0.15, 0.2) is 46.9 Å². The smallest absolute Gasteiger partial charge is 0.175 e. The summed E-state index contributed by atoms with van der Waals surface area (Å²) in [4.78, 5) is 0. The molecule has 0 bridgehead atoms. The quantitative estimate of drug-likeness (QED) is 0.765. The Morgan fingerprint density at radius 1 is 0.947 bits per heavy atom. The van der Waals surface area contributed by atoms with Crippen LogP contribution >= 0.6 is 28.1 Å². The lowest BCUT2D eigenvalue weighted by Crippen LogP contribution is -2.20. The van der Waals surface area contributed by atoms with Crippen molar-refractivity contribution in [1.82, 2.24) is 0 Å². The van der Waals surface area contributed by atoms with Crippen molar-refractivity contribution in [3.8, 4) is 0 Å². The molecule has 0 fully saturated rings. The molecule has 2 aromatic rings. The maximum Gasteiger partial charge on any atom is 0.175 e. The van der Waals surface area contributed by atoms with Gasteiger partial charge in [-0.2, -0.15) is 0 Å². The molecule has 2 N–H and O–H groups in total. The van der Waals surface area contributed by atoms with Gasteiger partial charge in [-0.15, -0.1) is 0 Å². The zero-order valence-corrected chi connectivity index (χ0v) is 13.2. The third-order valence-electron chi connectivity index (χ3n) is 2.97. The van der Waals surface area contributed by atoms with Gasteiger partial charge in [0.15, 0.2) is 5.11 Å². The number of anilines is 2. The van der Waals surface area contributed by atoms with Crippen LogP contribution in [-0.4, -0.2) is 5.11 Å².